The van der Waals surface area contributed by atoms with Crippen LogP contribution in [0.1, 0.15) is 107 Å². The van der Waals surface area contributed by atoms with Crippen molar-refractivity contribution in [3.8, 4) is 0 Å². The zero-order chi connectivity index (χ0) is 48.6. The number of fused-ring (bicyclic) bond motifs is 5. The molecule has 18 heteroatoms. The summed E-state index contributed by atoms with van der Waals surface area (Å²) in [5, 5.41) is 129. The third-order valence-electron chi connectivity index (χ3n) is 18.1. The number of rotatable bonds is 13. The third-order valence-corrected chi connectivity index (χ3v) is 18.1. The van der Waals surface area contributed by atoms with E-state index in [0.29, 0.717) is 38.5 Å². The lowest BCUT2D eigenvalue weighted by molar-refractivity contribution is -0.375. The minimum absolute atomic E-state index is 0.0347. The molecule has 0 aromatic heterocycles. The highest BCUT2D eigenvalue weighted by molar-refractivity contribution is 5.34. The van der Waals surface area contributed by atoms with E-state index in [1.807, 2.05) is 20.8 Å². The largest absolute Gasteiger partial charge is 0.394 e. The summed E-state index contributed by atoms with van der Waals surface area (Å²) in [7, 11) is 0. The number of aliphatic hydroxyl groups excluding tert-OH is 12. The molecule has 7 aliphatic rings. The first kappa shape index (κ1) is 52.6. The van der Waals surface area contributed by atoms with Gasteiger partial charge in [0, 0.05) is 5.41 Å². The van der Waals surface area contributed by atoms with Gasteiger partial charge in [-0.2, -0.15) is 0 Å². The molecule has 0 aromatic rings. The van der Waals surface area contributed by atoms with Gasteiger partial charge in [-0.1, -0.05) is 57.9 Å². The molecule has 18 nitrogen and oxygen atoms in total. The van der Waals surface area contributed by atoms with E-state index in [2.05, 4.69) is 46.8 Å². The Morgan fingerprint density at radius 1 is 0.682 bits per heavy atom. The predicted octanol–water partition coefficient (Wildman–Crippen LogP) is -0.107. The van der Waals surface area contributed by atoms with E-state index in [0.717, 1.165) is 24.0 Å². The van der Waals surface area contributed by atoms with Gasteiger partial charge in [-0.15, -0.1) is 0 Å². The van der Waals surface area contributed by atoms with Crippen molar-refractivity contribution < 1.29 is 89.7 Å². The van der Waals surface area contributed by atoms with Crippen molar-refractivity contribution in [2.75, 3.05) is 19.8 Å². The Bertz CT molecular complexity index is 1740. The molecule has 66 heavy (non-hydrogen) atoms. The van der Waals surface area contributed by atoms with Crippen LogP contribution in [0.5, 0.6) is 0 Å². The predicted molar refractivity (Wildman–Crippen MR) is 234 cm³/mol. The van der Waals surface area contributed by atoms with E-state index >= 15 is 0 Å². The van der Waals surface area contributed by atoms with Crippen LogP contribution in [-0.4, -0.2) is 191 Å². The molecule has 0 bridgehead atoms. The summed E-state index contributed by atoms with van der Waals surface area (Å²) < 4.78 is 37.1. The zero-order valence-corrected chi connectivity index (χ0v) is 39.8. The second-order valence-electron chi connectivity index (χ2n) is 22.4. The van der Waals surface area contributed by atoms with E-state index in [-0.39, 0.29) is 28.6 Å². The fourth-order valence-electron chi connectivity index (χ4n) is 14.1. The number of aliphatic hydroxyl groups is 12. The first-order valence-electron chi connectivity index (χ1n) is 24.1. The van der Waals surface area contributed by atoms with Crippen molar-refractivity contribution in [1.29, 1.82) is 0 Å². The second-order valence-corrected chi connectivity index (χ2v) is 22.4. The standard InChI is InChI=1S/C48H80O18/c1-22(2)10-9-14-48(8,66-42-39(60)36(57)33(54)26(20-50)62-42)23-11-16-47(7)31(23)24(52)18-29-45(5)15-13-30(44(3,4)28(45)12-17-46(29,47)6)64-43-40(37(58)34(55)27(21-51)63-43)65-41-38(59)35(56)32(53)25(19-49)61-41/h10,12,23-27,29-43,49-60H,9,11,13-21H2,1-8H3/t23?,24-,25?,26?,27?,29?,30+,31?,32?,33?,34?,35+,36+,37+,38?,39?,40?,41?,42?,43?,45+,46-,47-,48+/m1/s1. The Balaban J connectivity index is 1.15. The molecule has 7 rings (SSSR count). The fourth-order valence-corrected chi connectivity index (χ4v) is 14.1. The summed E-state index contributed by atoms with van der Waals surface area (Å²) in [4.78, 5) is 0. The molecule has 3 heterocycles. The molecule has 15 unspecified atom stereocenters. The van der Waals surface area contributed by atoms with Crippen molar-refractivity contribution in [1.82, 2.24) is 0 Å². The molecular weight excluding hydrogens is 865 g/mol. The molecule has 3 saturated carbocycles. The Kier molecular flexibility index (Phi) is 15.5. The van der Waals surface area contributed by atoms with Crippen LogP contribution in [-0.2, 0) is 28.4 Å². The van der Waals surface area contributed by atoms with Crippen molar-refractivity contribution >= 4 is 0 Å². The minimum Gasteiger partial charge on any atom is -0.394 e. The molecule has 0 spiro atoms. The zero-order valence-electron chi connectivity index (χ0n) is 39.8. The van der Waals surface area contributed by atoms with E-state index in [1.165, 1.54) is 0 Å². The normalized spacial score (nSPS) is 51.2. The Labute approximate surface area is 388 Å². The van der Waals surface area contributed by atoms with Crippen LogP contribution in [0.4, 0.5) is 0 Å². The first-order valence-corrected chi connectivity index (χ1v) is 24.1. The molecule has 3 aliphatic heterocycles. The van der Waals surface area contributed by atoms with Crippen LogP contribution in [0.3, 0.4) is 0 Å². The molecule has 380 valence electrons. The van der Waals surface area contributed by atoms with Gasteiger partial charge >= 0.3 is 0 Å². The number of hydrogen-bond acceptors (Lipinski definition) is 18. The molecule has 3 saturated heterocycles. The van der Waals surface area contributed by atoms with Gasteiger partial charge in [0.25, 0.3) is 0 Å². The monoisotopic (exact) mass is 945 g/mol. The third kappa shape index (κ3) is 8.71. The maximum Gasteiger partial charge on any atom is 0.187 e. The highest BCUT2D eigenvalue weighted by atomic mass is 16.8. The van der Waals surface area contributed by atoms with Gasteiger partial charge in [0.2, 0.25) is 0 Å². The highest BCUT2D eigenvalue weighted by Crippen LogP contribution is 2.75. The number of hydrogen-bond donors (Lipinski definition) is 12. The Hall–Kier alpha value is -1.24. The molecule has 0 radical (unpaired) electrons. The summed E-state index contributed by atoms with van der Waals surface area (Å²) in [6.45, 7) is 15.2. The molecule has 0 aromatic carbocycles. The summed E-state index contributed by atoms with van der Waals surface area (Å²) in [5.74, 6) is -0.360. The smallest absolute Gasteiger partial charge is 0.187 e. The van der Waals surface area contributed by atoms with Gasteiger partial charge in [0.1, 0.15) is 73.2 Å². The van der Waals surface area contributed by atoms with Crippen LogP contribution >= 0.6 is 0 Å². The summed E-state index contributed by atoms with van der Waals surface area (Å²) in [6.07, 6.45) is -14.6. The molecular formula is C48H80O18. The molecule has 0 amide bonds. The Morgan fingerprint density at radius 2 is 1.23 bits per heavy atom. The van der Waals surface area contributed by atoms with Gasteiger partial charge in [-0.05, 0) is 106 Å². The molecule has 6 fully saturated rings. The van der Waals surface area contributed by atoms with Crippen LogP contribution in [0, 0.1) is 39.4 Å². The van der Waals surface area contributed by atoms with Crippen LogP contribution in [0.15, 0.2) is 23.3 Å². The average molecular weight is 945 g/mol. The fraction of sp³-hybridized carbons (Fsp3) is 0.917. The topological polar surface area (TPSA) is 298 Å². The lowest BCUT2D eigenvalue weighted by Crippen LogP contribution is -2.66. The first-order chi connectivity index (χ1) is 30.8. The van der Waals surface area contributed by atoms with Crippen LogP contribution in [0.25, 0.3) is 0 Å². The van der Waals surface area contributed by atoms with Gasteiger partial charge in [0.15, 0.2) is 18.9 Å². The van der Waals surface area contributed by atoms with Gasteiger partial charge in [-0.3, -0.25) is 0 Å². The summed E-state index contributed by atoms with van der Waals surface area (Å²) >= 11 is 0. The number of allylic oxidation sites excluding steroid dienone is 3. The molecule has 12 N–H and O–H groups in total. The van der Waals surface area contributed by atoms with E-state index in [9.17, 15) is 61.3 Å². The van der Waals surface area contributed by atoms with Crippen molar-refractivity contribution in [2.24, 2.45) is 39.4 Å². The summed E-state index contributed by atoms with van der Waals surface area (Å²) in [6, 6.07) is 0. The maximum atomic E-state index is 12.6. The van der Waals surface area contributed by atoms with Crippen LogP contribution < -0.4 is 0 Å². The van der Waals surface area contributed by atoms with Crippen molar-refractivity contribution in [3.63, 3.8) is 0 Å². The molecule has 24 atom stereocenters. The lowest BCUT2D eigenvalue weighted by Gasteiger charge is -2.68. The highest BCUT2D eigenvalue weighted by Gasteiger charge is 2.71. The van der Waals surface area contributed by atoms with E-state index in [1.54, 1.807) is 0 Å². The second kappa shape index (κ2) is 19.4. The average Bonchev–Trinajstić information content (AvgIpc) is 3.65. The maximum absolute atomic E-state index is 12.6. The van der Waals surface area contributed by atoms with E-state index in [4.69, 9.17) is 28.4 Å². The van der Waals surface area contributed by atoms with E-state index < -0.39 is 141 Å². The van der Waals surface area contributed by atoms with Gasteiger partial charge < -0.3 is 89.7 Å². The van der Waals surface area contributed by atoms with Crippen LogP contribution in [0.2, 0.25) is 0 Å². The lowest BCUT2D eigenvalue weighted by atomic mass is 9.37. The van der Waals surface area contributed by atoms with Crippen molar-refractivity contribution in [2.45, 2.75) is 217 Å². The Morgan fingerprint density at radius 3 is 1.80 bits per heavy atom. The van der Waals surface area contributed by atoms with Gasteiger partial charge in [0.05, 0.1) is 37.6 Å². The van der Waals surface area contributed by atoms with Gasteiger partial charge in [-0.25, -0.2) is 0 Å². The SMILES string of the molecule is CC(C)=CCC[C@](C)(OC1OC(CO)C(O)[C@H](O)C1O)C1CC[C@]2(C)C1[C@H](O)CC1[C@@]3(C)CC[C@H](OC4OC(CO)C(O)[C@H](O)C4OC4OC(CO)C(O)[C@H](O)C4O)C(C)(C)C3=CC[C@]12C. The minimum atomic E-state index is -1.80. The number of ether oxygens (including phenoxy) is 6. The molecule has 4 aliphatic carbocycles. The summed E-state index contributed by atoms with van der Waals surface area (Å²) in [5.41, 5.74) is -0.390. The van der Waals surface area contributed by atoms with Crippen molar-refractivity contribution in [3.05, 3.63) is 23.3 Å². The quantitative estimate of drug-likeness (QED) is 0.107.